The standard InChI is InChI=1S/C31H26F5N5O4/c1-16(31(34,35)36)38-18-13-22(32)26(23(33)14-18)28(42)39-24(30(44)45-3)15-19-8-9-20(27-37-10-11-41(19)27)21-12-17-6-4-5-7-25(17)40(2)29(21)43/h4-14,16,24,38H,15H2,1-3H3,(H,39,42)/t16-,24+/m1/s1. The van der Waals surface area contributed by atoms with Gasteiger partial charge < -0.3 is 24.3 Å². The molecule has 0 aliphatic carbocycles. The number of esters is 1. The van der Waals surface area contributed by atoms with E-state index >= 15 is 0 Å². The molecule has 0 spiro atoms. The summed E-state index contributed by atoms with van der Waals surface area (Å²) in [4.78, 5) is 43.3. The number of pyridine rings is 2. The van der Waals surface area contributed by atoms with Gasteiger partial charge in [-0.05, 0) is 48.7 Å². The van der Waals surface area contributed by atoms with Crippen LogP contribution in [-0.2, 0) is 23.0 Å². The number of hydrogen-bond acceptors (Lipinski definition) is 6. The Balaban J connectivity index is 1.45. The molecule has 0 fully saturated rings. The minimum atomic E-state index is -4.68. The molecule has 5 aromatic rings. The Morgan fingerprint density at radius 1 is 1.02 bits per heavy atom. The van der Waals surface area contributed by atoms with Crippen LogP contribution in [-0.4, -0.2) is 51.2 Å². The van der Waals surface area contributed by atoms with Crippen molar-refractivity contribution in [3.8, 4) is 11.1 Å². The van der Waals surface area contributed by atoms with E-state index in [1.807, 2.05) is 29.6 Å². The normalized spacial score (nSPS) is 13.1. The van der Waals surface area contributed by atoms with Crippen LogP contribution in [0.15, 0.2) is 71.8 Å². The molecule has 0 aliphatic heterocycles. The number of carbonyl (C=O) groups excluding carboxylic acids is 2. The van der Waals surface area contributed by atoms with Gasteiger partial charge in [0.2, 0.25) is 0 Å². The van der Waals surface area contributed by atoms with Gasteiger partial charge in [-0.2, -0.15) is 13.2 Å². The van der Waals surface area contributed by atoms with E-state index in [1.54, 1.807) is 35.8 Å². The van der Waals surface area contributed by atoms with Gasteiger partial charge in [-0.25, -0.2) is 18.6 Å². The van der Waals surface area contributed by atoms with E-state index in [0.29, 0.717) is 34.6 Å². The molecule has 0 saturated heterocycles. The summed E-state index contributed by atoms with van der Waals surface area (Å²) in [6, 6.07) is 9.95. The number of nitrogens with zero attached hydrogens (tertiary/aromatic N) is 3. The van der Waals surface area contributed by atoms with E-state index in [2.05, 4.69) is 10.3 Å². The molecule has 0 radical (unpaired) electrons. The molecule has 5 rings (SSSR count). The van der Waals surface area contributed by atoms with Gasteiger partial charge in [0.15, 0.2) is 0 Å². The third-order valence-corrected chi connectivity index (χ3v) is 7.40. The highest BCUT2D eigenvalue weighted by Crippen LogP contribution is 2.27. The van der Waals surface area contributed by atoms with Crippen LogP contribution in [0.25, 0.3) is 27.7 Å². The lowest BCUT2D eigenvalue weighted by Crippen LogP contribution is -2.44. The first-order chi connectivity index (χ1) is 21.3. The third-order valence-electron chi connectivity index (χ3n) is 7.40. The number of aromatic nitrogens is 3. The van der Waals surface area contributed by atoms with Crippen molar-refractivity contribution in [2.75, 3.05) is 12.4 Å². The molecule has 234 valence electrons. The molecule has 2 N–H and O–H groups in total. The van der Waals surface area contributed by atoms with Crippen LogP contribution in [0.5, 0.6) is 0 Å². The molecule has 2 aromatic carbocycles. The van der Waals surface area contributed by atoms with E-state index < -0.39 is 53.0 Å². The average Bonchev–Trinajstić information content (AvgIpc) is 3.48. The fourth-order valence-electron chi connectivity index (χ4n) is 5.04. The van der Waals surface area contributed by atoms with E-state index in [4.69, 9.17) is 4.74 Å². The molecular weight excluding hydrogens is 601 g/mol. The van der Waals surface area contributed by atoms with Crippen LogP contribution >= 0.6 is 0 Å². The van der Waals surface area contributed by atoms with Crippen molar-refractivity contribution in [1.29, 1.82) is 0 Å². The zero-order valence-electron chi connectivity index (χ0n) is 24.1. The SMILES string of the molecule is COC(=O)[C@H](Cc1ccc(-c2cc3ccccc3n(C)c2=O)c2nccn12)NC(=O)c1c(F)cc(N[C@H](C)C(F)(F)F)cc1F. The quantitative estimate of drug-likeness (QED) is 0.185. The number of methoxy groups -OCH3 is 1. The van der Waals surface area contributed by atoms with Crippen molar-refractivity contribution in [2.45, 2.75) is 31.6 Å². The van der Waals surface area contributed by atoms with Crippen molar-refractivity contribution in [3.05, 3.63) is 100 Å². The molecule has 14 heteroatoms. The zero-order chi connectivity index (χ0) is 32.6. The van der Waals surface area contributed by atoms with Crippen molar-refractivity contribution >= 4 is 34.1 Å². The van der Waals surface area contributed by atoms with Gasteiger partial charge >= 0.3 is 12.1 Å². The van der Waals surface area contributed by atoms with Crippen LogP contribution in [0.3, 0.4) is 0 Å². The van der Waals surface area contributed by atoms with Gasteiger partial charge in [0.25, 0.3) is 11.5 Å². The number of halogens is 5. The maximum atomic E-state index is 14.8. The number of hydrogen-bond donors (Lipinski definition) is 2. The van der Waals surface area contributed by atoms with Gasteiger partial charge in [0, 0.05) is 42.8 Å². The summed E-state index contributed by atoms with van der Waals surface area (Å²) in [5.41, 5.74) is 0.558. The molecule has 0 unspecified atom stereocenters. The van der Waals surface area contributed by atoms with Gasteiger partial charge in [-0.1, -0.05) is 18.2 Å². The first-order valence-corrected chi connectivity index (χ1v) is 13.5. The molecule has 0 saturated carbocycles. The summed E-state index contributed by atoms with van der Waals surface area (Å²) in [5.74, 6) is -5.13. The first kappa shape index (κ1) is 31.2. The van der Waals surface area contributed by atoms with Gasteiger partial charge in [0.1, 0.15) is 34.9 Å². The summed E-state index contributed by atoms with van der Waals surface area (Å²) < 4.78 is 76.2. The second-order valence-electron chi connectivity index (χ2n) is 10.3. The number of alkyl halides is 3. The van der Waals surface area contributed by atoms with E-state index in [9.17, 15) is 36.3 Å². The molecule has 9 nitrogen and oxygen atoms in total. The number of imidazole rings is 1. The van der Waals surface area contributed by atoms with Crippen molar-refractivity contribution < 1.29 is 36.3 Å². The predicted octanol–water partition coefficient (Wildman–Crippen LogP) is 5.01. The summed E-state index contributed by atoms with van der Waals surface area (Å²) in [6.07, 6.45) is -1.82. The molecule has 2 atom stereocenters. The van der Waals surface area contributed by atoms with E-state index in [0.717, 1.165) is 24.9 Å². The third kappa shape index (κ3) is 6.08. The van der Waals surface area contributed by atoms with Crippen molar-refractivity contribution in [3.63, 3.8) is 0 Å². The Bertz CT molecular complexity index is 1980. The predicted molar refractivity (Wildman–Crippen MR) is 156 cm³/mol. The number of fused-ring (bicyclic) bond motifs is 2. The maximum absolute atomic E-state index is 14.8. The Morgan fingerprint density at radius 2 is 1.71 bits per heavy atom. The molecule has 0 aliphatic rings. The van der Waals surface area contributed by atoms with Crippen molar-refractivity contribution in [2.24, 2.45) is 7.05 Å². The molecule has 0 bridgehead atoms. The number of para-hydroxylation sites is 1. The molecular formula is C31H26F5N5O4. The number of rotatable bonds is 8. The van der Waals surface area contributed by atoms with Gasteiger partial charge in [0.05, 0.1) is 18.2 Å². The minimum Gasteiger partial charge on any atom is -0.467 e. The summed E-state index contributed by atoms with van der Waals surface area (Å²) in [7, 11) is 2.73. The lowest BCUT2D eigenvalue weighted by Gasteiger charge is -2.20. The van der Waals surface area contributed by atoms with Crippen LogP contribution in [0, 0.1) is 11.6 Å². The molecule has 1 amide bonds. The smallest absolute Gasteiger partial charge is 0.408 e. The number of carbonyl (C=O) groups is 2. The zero-order valence-corrected chi connectivity index (χ0v) is 24.1. The van der Waals surface area contributed by atoms with Crippen LogP contribution in [0.1, 0.15) is 23.0 Å². The number of ether oxygens (including phenoxy) is 1. The molecule has 45 heavy (non-hydrogen) atoms. The summed E-state index contributed by atoms with van der Waals surface area (Å²) >= 11 is 0. The number of aryl methyl sites for hydroxylation is 1. The fourth-order valence-corrected chi connectivity index (χ4v) is 5.04. The monoisotopic (exact) mass is 627 g/mol. The maximum Gasteiger partial charge on any atom is 0.408 e. The Labute approximate surface area is 252 Å². The van der Waals surface area contributed by atoms with E-state index in [-0.39, 0.29) is 12.0 Å². The highest BCUT2D eigenvalue weighted by molar-refractivity contribution is 5.97. The Kier molecular flexibility index (Phi) is 8.32. The largest absolute Gasteiger partial charge is 0.467 e. The summed E-state index contributed by atoms with van der Waals surface area (Å²) in [6.45, 7) is 0.766. The Hall–Kier alpha value is -5.27. The van der Waals surface area contributed by atoms with Crippen molar-refractivity contribution in [1.82, 2.24) is 19.3 Å². The summed E-state index contributed by atoms with van der Waals surface area (Å²) in [5, 5.41) is 5.02. The highest BCUT2D eigenvalue weighted by Gasteiger charge is 2.36. The second-order valence-corrected chi connectivity index (χ2v) is 10.3. The Morgan fingerprint density at radius 3 is 2.38 bits per heavy atom. The second kappa shape index (κ2) is 12.0. The minimum absolute atomic E-state index is 0.215. The van der Waals surface area contributed by atoms with Gasteiger partial charge in [-0.15, -0.1) is 0 Å². The van der Waals surface area contributed by atoms with Crippen LogP contribution in [0.2, 0.25) is 0 Å². The molecule has 3 aromatic heterocycles. The number of nitrogens with one attached hydrogen (secondary N) is 2. The number of amides is 1. The lowest BCUT2D eigenvalue weighted by atomic mass is 10.0. The lowest BCUT2D eigenvalue weighted by molar-refractivity contribution is -0.143. The number of benzene rings is 2. The van der Waals surface area contributed by atoms with Crippen LogP contribution in [0.4, 0.5) is 27.6 Å². The van der Waals surface area contributed by atoms with E-state index in [1.165, 1.54) is 10.8 Å². The number of anilines is 1. The van der Waals surface area contributed by atoms with Gasteiger partial charge in [-0.3, -0.25) is 9.59 Å². The highest BCUT2D eigenvalue weighted by atomic mass is 19.4. The first-order valence-electron chi connectivity index (χ1n) is 13.5. The van der Waals surface area contributed by atoms with Crippen LogP contribution < -0.4 is 16.2 Å². The fraction of sp³-hybridized carbons (Fsp3) is 0.226. The topological polar surface area (TPSA) is 107 Å². The average molecular weight is 628 g/mol. The molecule has 3 heterocycles.